The van der Waals surface area contributed by atoms with Crippen molar-refractivity contribution in [3.05, 3.63) is 124 Å². The van der Waals surface area contributed by atoms with Crippen molar-refractivity contribution in [2.24, 2.45) is 0 Å². The number of hydrogen-bond donors (Lipinski definition) is 1. The van der Waals surface area contributed by atoms with E-state index in [4.69, 9.17) is 15.2 Å². The number of unbranched alkanes of at least 4 members (excludes halogenated alkanes) is 2. The van der Waals surface area contributed by atoms with Gasteiger partial charge < -0.3 is 15.2 Å². The van der Waals surface area contributed by atoms with E-state index < -0.39 is 17.6 Å². The molecule has 0 aliphatic heterocycles. The number of carbonyl (C=O) groups excluding carboxylic acids is 2. The minimum Gasteiger partial charge on any atom is -0.463 e. The molecule has 0 fully saturated rings. The number of halogens is 2. The fourth-order valence-corrected chi connectivity index (χ4v) is 5.32. The average Bonchev–Trinajstić information content (AvgIpc) is 3.03. The van der Waals surface area contributed by atoms with Crippen LogP contribution >= 0.6 is 15.9 Å². The van der Waals surface area contributed by atoms with Crippen molar-refractivity contribution >= 4 is 33.6 Å². The number of nitrogens with zero attached hydrogens (tertiary/aromatic N) is 1. The average molecular weight is 662 g/mol. The summed E-state index contributed by atoms with van der Waals surface area (Å²) in [7, 11) is 2.00. The Morgan fingerprint density at radius 2 is 1.41 bits per heavy atom. The normalized spacial score (nSPS) is 12.5. The SMILES string of the molecule is CN(Cc1ccccc1)Cc1cc(C(=O)OCCCCCOC(=O)C(C)(F)c2ccc(-c3ccccc3)cc2)cc(Br)c1N. The summed E-state index contributed by atoms with van der Waals surface area (Å²) in [5.74, 6) is -1.36. The standard InChI is InChI=1S/C36H38BrFN2O4/c1-36(38,31-18-16-28(17-19-31)27-14-8-4-9-15-27)35(42)44-21-11-5-10-20-43-34(41)29-22-30(33(39)32(37)23-29)25-40(2)24-26-12-6-3-7-13-26/h3-4,6-9,12-19,22-23H,5,10-11,20-21,24-25,39H2,1-2H3. The molecule has 44 heavy (non-hydrogen) atoms. The molecule has 2 N–H and O–H groups in total. The zero-order valence-corrected chi connectivity index (χ0v) is 26.7. The summed E-state index contributed by atoms with van der Waals surface area (Å²) in [5, 5.41) is 0. The van der Waals surface area contributed by atoms with Gasteiger partial charge in [-0.25, -0.2) is 14.0 Å². The fraction of sp³-hybridized carbons (Fsp3) is 0.278. The molecular formula is C36H38BrFN2O4. The number of ether oxygens (including phenoxy) is 2. The summed E-state index contributed by atoms with van der Waals surface area (Å²) in [6, 6.07) is 30.1. The van der Waals surface area contributed by atoms with E-state index in [1.54, 1.807) is 36.4 Å². The second kappa shape index (κ2) is 15.6. The van der Waals surface area contributed by atoms with Gasteiger partial charge in [-0.15, -0.1) is 0 Å². The number of anilines is 1. The van der Waals surface area contributed by atoms with E-state index in [0.29, 0.717) is 41.5 Å². The highest BCUT2D eigenvalue weighted by Crippen LogP contribution is 2.30. The third-order valence-corrected chi connectivity index (χ3v) is 8.02. The highest BCUT2D eigenvalue weighted by molar-refractivity contribution is 9.10. The Morgan fingerprint density at radius 1 is 0.818 bits per heavy atom. The molecule has 0 aromatic heterocycles. The van der Waals surface area contributed by atoms with E-state index in [2.05, 4.69) is 33.0 Å². The first-order chi connectivity index (χ1) is 21.1. The number of nitrogens with two attached hydrogens (primary N) is 1. The van der Waals surface area contributed by atoms with Crippen LogP contribution < -0.4 is 5.73 Å². The fourth-order valence-electron chi connectivity index (χ4n) is 4.82. The van der Waals surface area contributed by atoms with Crippen LogP contribution in [0, 0.1) is 0 Å². The van der Waals surface area contributed by atoms with Crippen LogP contribution in [-0.2, 0) is 33.0 Å². The van der Waals surface area contributed by atoms with Crippen LogP contribution in [-0.4, -0.2) is 37.1 Å². The Hall–Kier alpha value is -4.01. The highest BCUT2D eigenvalue weighted by atomic mass is 79.9. The maximum atomic E-state index is 15.3. The molecule has 1 atom stereocenters. The Morgan fingerprint density at radius 3 is 2.07 bits per heavy atom. The zero-order valence-electron chi connectivity index (χ0n) is 25.1. The Balaban J connectivity index is 1.18. The monoisotopic (exact) mass is 660 g/mol. The summed E-state index contributed by atoms with van der Waals surface area (Å²) < 4.78 is 26.7. The van der Waals surface area contributed by atoms with Crippen LogP contribution in [0.5, 0.6) is 0 Å². The number of alkyl halides is 1. The van der Waals surface area contributed by atoms with Gasteiger partial charge in [0.15, 0.2) is 0 Å². The number of nitrogen functional groups attached to an aromatic ring is 1. The zero-order chi connectivity index (χ0) is 31.5. The number of hydrogen-bond acceptors (Lipinski definition) is 6. The van der Waals surface area contributed by atoms with E-state index in [1.807, 2.05) is 55.6 Å². The van der Waals surface area contributed by atoms with Crippen molar-refractivity contribution in [3.8, 4) is 11.1 Å². The van der Waals surface area contributed by atoms with Crippen LogP contribution in [0.15, 0.2) is 102 Å². The van der Waals surface area contributed by atoms with E-state index in [9.17, 15) is 9.59 Å². The van der Waals surface area contributed by atoms with Crippen molar-refractivity contribution in [1.29, 1.82) is 0 Å². The first kappa shape index (κ1) is 32.9. The summed E-state index contributed by atoms with van der Waals surface area (Å²) >= 11 is 3.47. The molecule has 0 aliphatic rings. The number of benzene rings is 4. The molecule has 4 aromatic carbocycles. The van der Waals surface area contributed by atoms with Crippen LogP contribution in [0.4, 0.5) is 10.1 Å². The van der Waals surface area contributed by atoms with Crippen molar-refractivity contribution in [2.45, 2.75) is 44.9 Å². The van der Waals surface area contributed by atoms with E-state index >= 15 is 4.39 Å². The summed E-state index contributed by atoms with van der Waals surface area (Å²) in [6.45, 7) is 2.82. The smallest absolute Gasteiger partial charge is 0.348 e. The van der Waals surface area contributed by atoms with Crippen molar-refractivity contribution in [1.82, 2.24) is 4.90 Å². The topological polar surface area (TPSA) is 81.9 Å². The highest BCUT2D eigenvalue weighted by Gasteiger charge is 2.36. The molecule has 4 rings (SSSR count). The second-order valence-corrected chi connectivity index (χ2v) is 11.8. The Labute approximate surface area is 267 Å². The van der Waals surface area contributed by atoms with Gasteiger partial charge in [-0.1, -0.05) is 84.9 Å². The quantitative estimate of drug-likeness (QED) is 0.0836. The van der Waals surface area contributed by atoms with Crippen molar-refractivity contribution in [3.63, 3.8) is 0 Å². The van der Waals surface area contributed by atoms with Gasteiger partial charge in [0.25, 0.3) is 0 Å². The minimum atomic E-state index is -2.26. The molecule has 0 saturated heterocycles. The lowest BCUT2D eigenvalue weighted by molar-refractivity contribution is -0.157. The molecule has 0 spiro atoms. The van der Waals surface area contributed by atoms with Crippen molar-refractivity contribution in [2.75, 3.05) is 26.0 Å². The maximum Gasteiger partial charge on any atom is 0.348 e. The number of carbonyl (C=O) groups is 2. The van der Waals surface area contributed by atoms with Gasteiger partial charge in [0, 0.05) is 23.1 Å². The van der Waals surface area contributed by atoms with Gasteiger partial charge in [-0.2, -0.15) is 0 Å². The number of rotatable bonds is 14. The van der Waals surface area contributed by atoms with Crippen LogP contribution in [0.2, 0.25) is 0 Å². The first-order valence-corrected chi connectivity index (χ1v) is 15.4. The maximum absolute atomic E-state index is 15.3. The summed E-state index contributed by atoms with van der Waals surface area (Å²) in [4.78, 5) is 27.4. The van der Waals surface area contributed by atoms with Crippen molar-refractivity contribution < 1.29 is 23.5 Å². The Bertz CT molecular complexity index is 1530. The lowest BCUT2D eigenvalue weighted by Crippen LogP contribution is -2.30. The molecule has 0 bridgehead atoms. The van der Waals surface area contributed by atoms with Gasteiger partial charge >= 0.3 is 11.9 Å². The molecule has 6 nitrogen and oxygen atoms in total. The number of esters is 2. The molecule has 0 radical (unpaired) electrons. The summed E-state index contributed by atoms with van der Waals surface area (Å²) in [5.41, 5.74) is 9.25. The van der Waals surface area contributed by atoms with Gasteiger partial charge in [-0.3, -0.25) is 4.90 Å². The Kier molecular flexibility index (Phi) is 11.7. The molecule has 1 unspecified atom stereocenters. The van der Waals surface area contributed by atoms with E-state index in [0.717, 1.165) is 23.2 Å². The largest absolute Gasteiger partial charge is 0.463 e. The molecular weight excluding hydrogens is 623 g/mol. The van der Waals surface area contributed by atoms with Gasteiger partial charge in [0.05, 0.1) is 24.5 Å². The molecule has 0 amide bonds. The molecule has 4 aromatic rings. The van der Waals surface area contributed by atoms with E-state index in [-0.39, 0.29) is 18.8 Å². The lowest BCUT2D eigenvalue weighted by atomic mass is 9.95. The lowest BCUT2D eigenvalue weighted by Gasteiger charge is -2.19. The molecule has 230 valence electrons. The van der Waals surface area contributed by atoms with Crippen LogP contribution in [0.3, 0.4) is 0 Å². The predicted molar refractivity (Wildman–Crippen MR) is 176 cm³/mol. The second-order valence-electron chi connectivity index (χ2n) is 11.0. The molecule has 8 heteroatoms. The third kappa shape index (κ3) is 9.00. The van der Waals surface area contributed by atoms with Crippen LogP contribution in [0.1, 0.15) is 53.2 Å². The van der Waals surface area contributed by atoms with Crippen LogP contribution in [0.25, 0.3) is 11.1 Å². The van der Waals surface area contributed by atoms with Gasteiger partial charge in [0.2, 0.25) is 5.67 Å². The molecule has 0 aliphatic carbocycles. The predicted octanol–water partition coefficient (Wildman–Crippen LogP) is 8.09. The first-order valence-electron chi connectivity index (χ1n) is 14.6. The molecule has 0 saturated carbocycles. The van der Waals surface area contributed by atoms with Gasteiger partial charge in [0.1, 0.15) is 0 Å². The summed E-state index contributed by atoms with van der Waals surface area (Å²) in [6.07, 6.45) is 1.76. The van der Waals surface area contributed by atoms with Gasteiger partial charge in [-0.05, 0) is 83.6 Å². The van der Waals surface area contributed by atoms with E-state index in [1.165, 1.54) is 12.5 Å². The minimum absolute atomic E-state index is 0.0825. The third-order valence-electron chi connectivity index (χ3n) is 7.36. The molecule has 0 heterocycles.